The van der Waals surface area contributed by atoms with E-state index in [1.165, 1.54) is 4.88 Å². The highest BCUT2D eigenvalue weighted by Gasteiger charge is 1.98. The molecule has 0 radical (unpaired) electrons. The molecule has 1 heterocycles. The highest BCUT2D eigenvalue weighted by Crippen LogP contribution is 2.10. The lowest BCUT2D eigenvalue weighted by atomic mass is 10.3. The van der Waals surface area contributed by atoms with E-state index in [0.29, 0.717) is 0 Å². The SMILES string of the molecule is C/C=C/CCNCc1scnc1C. The second-order valence-corrected chi connectivity index (χ2v) is 3.83. The molecule has 1 rings (SSSR count). The third-order valence-corrected chi connectivity index (χ3v) is 2.79. The average Bonchev–Trinajstić information content (AvgIpc) is 2.52. The molecule has 1 N–H and O–H groups in total. The quantitative estimate of drug-likeness (QED) is 0.578. The first-order chi connectivity index (χ1) is 6.34. The highest BCUT2D eigenvalue weighted by atomic mass is 32.1. The summed E-state index contributed by atoms with van der Waals surface area (Å²) in [4.78, 5) is 5.54. The Morgan fingerprint density at radius 2 is 2.46 bits per heavy atom. The van der Waals surface area contributed by atoms with Crippen LogP contribution in [0.3, 0.4) is 0 Å². The van der Waals surface area contributed by atoms with Gasteiger partial charge < -0.3 is 5.32 Å². The van der Waals surface area contributed by atoms with Crippen molar-refractivity contribution in [3.8, 4) is 0 Å². The van der Waals surface area contributed by atoms with E-state index >= 15 is 0 Å². The summed E-state index contributed by atoms with van der Waals surface area (Å²) in [6.07, 6.45) is 5.36. The van der Waals surface area contributed by atoms with Crippen LogP contribution in [-0.2, 0) is 6.54 Å². The first-order valence-electron chi connectivity index (χ1n) is 4.55. The van der Waals surface area contributed by atoms with E-state index in [2.05, 4.69) is 29.4 Å². The summed E-state index contributed by atoms with van der Waals surface area (Å²) in [5.41, 5.74) is 3.06. The van der Waals surface area contributed by atoms with Gasteiger partial charge in [-0.25, -0.2) is 4.98 Å². The van der Waals surface area contributed by atoms with Crippen molar-refractivity contribution in [1.82, 2.24) is 10.3 Å². The molecule has 0 bridgehead atoms. The third kappa shape index (κ3) is 3.70. The van der Waals surface area contributed by atoms with Crippen molar-refractivity contribution in [2.24, 2.45) is 0 Å². The van der Waals surface area contributed by atoms with Gasteiger partial charge in [0, 0.05) is 11.4 Å². The Balaban J connectivity index is 2.16. The largest absolute Gasteiger partial charge is 0.311 e. The number of aromatic nitrogens is 1. The van der Waals surface area contributed by atoms with Gasteiger partial charge in [-0.15, -0.1) is 11.3 Å². The van der Waals surface area contributed by atoms with Crippen molar-refractivity contribution in [1.29, 1.82) is 0 Å². The lowest BCUT2D eigenvalue weighted by Crippen LogP contribution is -2.13. The second kappa shape index (κ2) is 5.89. The van der Waals surface area contributed by atoms with Crippen LogP contribution in [0.5, 0.6) is 0 Å². The first kappa shape index (κ1) is 10.4. The van der Waals surface area contributed by atoms with Crippen LogP contribution in [0.15, 0.2) is 17.7 Å². The van der Waals surface area contributed by atoms with Crippen LogP contribution in [0.1, 0.15) is 23.9 Å². The molecule has 13 heavy (non-hydrogen) atoms. The normalized spacial score (nSPS) is 11.2. The van der Waals surface area contributed by atoms with E-state index < -0.39 is 0 Å². The fraction of sp³-hybridized carbons (Fsp3) is 0.500. The van der Waals surface area contributed by atoms with Crippen molar-refractivity contribution in [2.75, 3.05) is 6.54 Å². The molecule has 1 aromatic rings. The van der Waals surface area contributed by atoms with Gasteiger partial charge in [-0.3, -0.25) is 0 Å². The van der Waals surface area contributed by atoms with Gasteiger partial charge in [0.15, 0.2) is 0 Å². The summed E-state index contributed by atoms with van der Waals surface area (Å²) >= 11 is 1.72. The van der Waals surface area contributed by atoms with Crippen LogP contribution in [0, 0.1) is 6.92 Å². The average molecular weight is 196 g/mol. The minimum absolute atomic E-state index is 0.952. The Morgan fingerprint density at radius 1 is 1.62 bits per heavy atom. The van der Waals surface area contributed by atoms with Gasteiger partial charge in [0.2, 0.25) is 0 Å². The summed E-state index contributed by atoms with van der Waals surface area (Å²) < 4.78 is 0. The number of aryl methyl sites for hydroxylation is 1. The zero-order chi connectivity index (χ0) is 9.52. The number of thiazole rings is 1. The summed E-state index contributed by atoms with van der Waals surface area (Å²) in [5, 5.41) is 3.38. The molecular weight excluding hydrogens is 180 g/mol. The molecule has 0 spiro atoms. The number of hydrogen-bond acceptors (Lipinski definition) is 3. The molecule has 72 valence electrons. The molecule has 0 unspecified atom stereocenters. The van der Waals surface area contributed by atoms with Gasteiger partial charge in [-0.05, 0) is 26.8 Å². The Bertz CT molecular complexity index is 266. The van der Waals surface area contributed by atoms with Gasteiger partial charge in [-0.2, -0.15) is 0 Å². The zero-order valence-electron chi connectivity index (χ0n) is 8.21. The zero-order valence-corrected chi connectivity index (χ0v) is 9.03. The molecule has 0 aliphatic rings. The van der Waals surface area contributed by atoms with Crippen molar-refractivity contribution >= 4 is 11.3 Å². The molecule has 1 aromatic heterocycles. The summed E-state index contributed by atoms with van der Waals surface area (Å²) in [7, 11) is 0. The van der Waals surface area contributed by atoms with Gasteiger partial charge in [0.05, 0.1) is 11.2 Å². The minimum Gasteiger partial charge on any atom is -0.311 e. The number of hydrogen-bond donors (Lipinski definition) is 1. The molecule has 0 amide bonds. The second-order valence-electron chi connectivity index (χ2n) is 2.90. The molecule has 3 heteroatoms. The van der Waals surface area contributed by atoms with Crippen molar-refractivity contribution in [2.45, 2.75) is 26.8 Å². The van der Waals surface area contributed by atoms with Crippen LogP contribution in [-0.4, -0.2) is 11.5 Å². The van der Waals surface area contributed by atoms with Crippen LogP contribution in [0.4, 0.5) is 0 Å². The van der Waals surface area contributed by atoms with E-state index in [1.807, 2.05) is 12.4 Å². The maximum absolute atomic E-state index is 4.20. The Morgan fingerprint density at radius 3 is 3.08 bits per heavy atom. The summed E-state index contributed by atoms with van der Waals surface area (Å²) in [6, 6.07) is 0. The molecule has 0 saturated carbocycles. The van der Waals surface area contributed by atoms with Crippen molar-refractivity contribution in [3.05, 3.63) is 28.2 Å². The molecule has 0 aromatic carbocycles. The molecule has 0 fully saturated rings. The number of nitrogens with one attached hydrogen (secondary N) is 1. The topological polar surface area (TPSA) is 24.9 Å². The van der Waals surface area contributed by atoms with Gasteiger partial charge in [-0.1, -0.05) is 12.2 Å². The summed E-state index contributed by atoms with van der Waals surface area (Å²) in [6.45, 7) is 6.10. The fourth-order valence-corrected chi connectivity index (χ4v) is 1.80. The van der Waals surface area contributed by atoms with Crippen LogP contribution in [0.2, 0.25) is 0 Å². The van der Waals surface area contributed by atoms with Crippen molar-refractivity contribution < 1.29 is 0 Å². The Kier molecular flexibility index (Phi) is 4.72. The monoisotopic (exact) mass is 196 g/mol. The number of nitrogens with zero attached hydrogens (tertiary/aromatic N) is 1. The first-order valence-corrected chi connectivity index (χ1v) is 5.43. The number of rotatable bonds is 5. The predicted molar refractivity (Wildman–Crippen MR) is 58.0 cm³/mol. The van der Waals surface area contributed by atoms with Crippen molar-refractivity contribution in [3.63, 3.8) is 0 Å². The van der Waals surface area contributed by atoms with Gasteiger partial charge in [0.25, 0.3) is 0 Å². The fourth-order valence-electron chi connectivity index (χ4n) is 1.05. The van der Waals surface area contributed by atoms with E-state index in [-0.39, 0.29) is 0 Å². The molecule has 0 atom stereocenters. The van der Waals surface area contributed by atoms with Crippen LogP contribution < -0.4 is 5.32 Å². The predicted octanol–water partition coefficient (Wildman–Crippen LogP) is 2.51. The van der Waals surface area contributed by atoms with E-state index in [4.69, 9.17) is 0 Å². The maximum atomic E-state index is 4.20. The van der Waals surface area contributed by atoms with E-state index in [0.717, 1.165) is 25.2 Å². The Labute approximate surface area is 83.7 Å². The summed E-state index contributed by atoms with van der Waals surface area (Å²) in [5.74, 6) is 0. The van der Waals surface area contributed by atoms with E-state index in [9.17, 15) is 0 Å². The van der Waals surface area contributed by atoms with Gasteiger partial charge >= 0.3 is 0 Å². The Hall–Kier alpha value is -0.670. The number of allylic oxidation sites excluding steroid dienone is 1. The van der Waals surface area contributed by atoms with E-state index in [1.54, 1.807) is 11.3 Å². The maximum Gasteiger partial charge on any atom is 0.0798 e. The lowest BCUT2D eigenvalue weighted by molar-refractivity contribution is 0.699. The highest BCUT2D eigenvalue weighted by molar-refractivity contribution is 7.09. The minimum atomic E-state index is 0.952. The lowest BCUT2D eigenvalue weighted by Gasteiger charge is -2.00. The third-order valence-electron chi connectivity index (χ3n) is 1.85. The molecule has 2 nitrogen and oxygen atoms in total. The standard InChI is InChI=1S/C10H16N2S/c1-3-4-5-6-11-7-10-9(2)12-8-13-10/h3-4,8,11H,5-7H2,1-2H3/b4-3+. The van der Waals surface area contributed by atoms with Gasteiger partial charge in [0.1, 0.15) is 0 Å². The molecular formula is C10H16N2S. The molecule has 0 saturated heterocycles. The molecule has 0 aliphatic carbocycles. The smallest absolute Gasteiger partial charge is 0.0798 e. The van der Waals surface area contributed by atoms with Crippen LogP contribution >= 0.6 is 11.3 Å². The van der Waals surface area contributed by atoms with Crippen LogP contribution in [0.25, 0.3) is 0 Å². The molecule has 0 aliphatic heterocycles.